The fourth-order valence-corrected chi connectivity index (χ4v) is 5.75. The van der Waals surface area contributed by atoms with E-state index in [1.165, 1.54) is 16.7 Å². The molecule has 0 spiro atoms. The van der Waals surface area contributed by atoms with Crippen molar-refractivity contribution in [2.75, 3.05) is 18.0 Å². The molecular formula is C19H17ClN4O5S. The number of fused-ring (bicyclic) bond motifs is 2. The molecule has 0 aliphatic carbocycles. The van der Waals surface area contributed by atoms with Crippen LogP contribution >= 0.6 is 11.6 Å². The third-order valence-corrected chi connectivity index (χ3v) is 7.56. The van der Waals surface area contributed by atoms with E-state index in [1.54, 1.807) is 29.2 Å². The number of sulfonamides is 1. The molecule has 0 N–H and O–H groups in total. The van der Waals surface area contributed by atoms with Gasteiger partial charge in [0.25, 0.3) is 10.0 Å². The van der Waals surface area contributed by atoms with Gasteiger partial charge in [0.2, 0.25) is 0 Å². The predicted octanol–water partition coefficient (Wildman–Crippen LogP) is 3.19. The number of rotatable bonds is 3. The summed E-state index contributed by atoms with van der Waals surface area (Å²) >= 11 is 6.06. The van der Waals surface area contributed by atoms with Crippen molar-refractivity contribution < 1.29 is 22.5 Å². The van der Waals surface area contributed by atoms with Crippen LogP contribution < -0.4 is 4.90 Å². The summed E-state index contributed by atoms with van der Waals surface area (Å²) in [7, 11) is -3.82. The number of cyclic esters (lactones) is 1. The maximum Gasteiger partial charge on any atom is 0.414 e. The maximum absolute atomic E-state index is 13.2. The zero-order valence-electron chi connectivity index (χ0n) is 15.7. The normalized spacial score (nSPS) is 18.4. The van der Waals surface area contributed by atoms with E-state index in [2.05, 4.69) is 10.1 Å². The monoisotopic (exact) mass is 448 g/mol. The van der Waals surface area contributed by atoms with Gasteiger partial charge >= 0.3 is 6.09 Å². The first kappa shape index (κ1) is 19.3. The van der Waals surface area contributed by atoms with E-state index in [1.807, 2.05) is 0 Å². The van der Waals surface area contributed by atoms with Crippen LogP contribution in [0.25, 0.3) is 11.0 Å². The minimum atomic E-state index is -3.82. The molecule has 156 valence electrons. The van der Waals surface area contributed by atoms with Crippen molar-refractivity contribution in [2.24, 2.45) is 0 Å². The number of carbonyl (C=O) groups is 1. The summed E-state index contributed by atoms with van der Waals surface area (Å²) in [5.74, 6) is 0. The summed E-state index contributed by atoms with van der Waals surface area (Å²) in [6.45, 7) is 0.680. The Morgan fingerprint density at radius 1 is 1.17 bits per heavy atom. The van der Waals surface area contributed by atoms with E-state index in [4.69, 9.17) is 20.9 Å². The lowest BCUT2D eigenvalue weighted by Crippen LogP contribution is -2.50. The highest BCUT2D eigenvalue weighted by Gasteiger charge is 2.38. The second-order valence-electron chi connectivity index (χ2n) is 7.19. The number of hydrogen-bond acceptors (Lipinski definition) is 7. The van der Waals surface area contributed by atoms with Gasteiger partial charge in [-0.3, -0.25) is 4.90 Å². The van der Waals surface area contributed by atoms with Gasteiger partial charge in [-0.15, -0.1) is 0 Å². The lowest BCUT2D eigenvalue weighted by Gasteiger charge is -2.39. The van der Waals surface area contributed by atoms with Gasteiger partial charge in [-0.2, -0.15) is 4.31 Å². The molecule has 30 heavy (non-hydrogen) atoms. The van der Waals surface area contributed by atoms with Crippen LogP contribution in [0.2, 0.25) is 5.02 Å². The molecule has 0 bridgehead atoms. The van der Waals surface area contributed by atoms with Crippen LogP contribution in [-0.4, -0.2) is 48.1 Å². The zero-order chi connectivity index (χ0) is 20.9. The molecule has 5 rings (SSSR count). The quantitative estimate of drug-likeness (QED) is 0.605. The van der Waals surface area contributed by atoms with Gasteiger partial charge in [0.15, 0.2) is 10.6 Å². The van der Waals surface area contributed by atoms with Crippen molar-refractivity contribution in [2.45, 2.75) is 30.5 Å². The molecule has 9 nitrogen and oxygen atoms in total. The molecule has 0 atom stereocenters. The predicted molar refractivity (Wildman–Crippen MR) is 108 cm³/mol. The Hall–Kier alpha value is -2.69. The van der Waals surface area contributed by atoms with Crippen LogP contribution in [0.1, 0.15) is 18.4 Å². The number of anilines is 1. The van der Waals surface area contributed by atoms with Crippen molar-refractivity contribution in [3.63, 3.8) is 0 Å². The first-order valence-electron chi connectivity index (χ1n) is 9.39. The van der Waals surface area contributed by atoms with E-state index in [9.17, 15) is 13.2 Å². The highest BCUT2D eigenvalue weighted by atomic mass is 35.5. The van der Waals surface area contributed by atoms with Crippen LogP contribution in [0.15, 0.2) is 46.2 Å². The van der Waals surface area contributed by atoms with Crippen LogP contribution in [0.5, 0.6) is 0 Å². The van der Waals surface area contributed by atoms with Crippen molar-refractivity contribution in [1.82, 2.24) is 14.4 Å². The highest BCUT2D eigenvalue weighted by molar-refractivity contribution is 7.89. The molecule has 2 aromatic heterocycles. The van der Waals surface area contributed by atoms with E-state index in [-0.39, 0.29) is 30.8 Å². The number of hydrogen-bond donors (Lipinski definition) is 0. The Labute approximate surface area is 177 Å². The molecule has 0 radical (unpaired) electrons. The number of aromatic nitrogens is 2. The number of carbonyl (C=O) groups excluding carboxylic acids is 1. The minimum Gasteiger partial charge on any atom is -0.444 e. The van der Waals surface area contributed by atoms with Crippen LogP contribution in [-0.2, 0) is 21.4 Å². The molecule has 0 saturated carbocycles. The Bertz CT molecular complexity index is 1240. The summed E-state index contributed by atoms with van der Waals surface area (Å²) in [5, 5.41) is 4.52. The van der Waals surface area contributed by atoms with Crippen LogP contribution in [0.4, 0.5) is 10.5 Å². The minimum absolute atomic E-state index is 0.0722. The molecule has 2 aliphatic rings. The number of ether oxygens (including phenoxy) is 1. The lowest BCUT2D eigenvalue weighted by atomic mass is 10.0. The topological polar surface area (TPSA) is 106 Å². The van der Waals surface area contributed by atoms with Gasteiger partial charge in [0.1, 0.15) is 6.61 Å². The van der Waals surface area contributed by atoms with Crippen molar-refractivity contribution in [1.29, 1.82) is 0 Å². The second kappa shape index (κ2) is 7.22. The Kier molecular flexibility index (Phi) is 4.64. The van der Waals surface area contributed by atoms with Crippen LogP contribution in [0, 0.1) is 0 Å². The zero-order valence-corrected chi connectivity index (χ0v) is 17.3. The molecule has 2 aliphatic heterocycles. The van der Waals surface area contributed by atoms with Crippen molar-refractivity contribution >= 4 is 44.4 Å². The average molecular weight is 449 g/mol. The SMILES string of the molecule is O=C1OCc2cc(Cl)ccc2N1C1CCN(S(=O)(=O)c2nccc3oncc23)CC1. The van der Waals surface area contributed by atoms with E-state index in [0.717, 1.165) is 11.3 Å². The van der Waals surface area contributed by atoms with Gasteiger partial charge in [0.05, 0.1) is 17.3 Å². The smallest absolute Gasteiger partial charge is 0.414 e. The molecule has 1 aromatic carbocycles. The van der Waals surface area contributed by atoms with Gasteiger partial charge < -0.3 is 9.26 Å². The summed E-state index contributed by atoms with van der Waals surface area (Å²) in [4.78, 5) is 18.1. The first-order valence-corrected chi connectivity index (χ1v) is 11.2. The Morgan fingerprint density at radius 2 is 1.97 bits per heavy atom. The molecule has 11 heteroatoms. The van der Waals surface area contributed by atoms with Crippen LogP contribution in [0.3, 0.4) is 0 Å². The third-order valence-electron chi connectivity index (χ3n) is 5.47. The molecule has 1 saturated heterocycles. The summed E-state index contributed by atoms with van der Waals surface area (Å²) < 4.78 is 38.0. The fraction of sp³-hybridized carbons (Fsp3) is 0.316. The Balaban J connectivity index is 1.38. The third kappa shape index (κ3) is 3.11. The fourth-order valence-electron chi connectivity index (χ4n) is 4.00. The largest absolute Gasteiger partial charge is 0.444 e. The lowest BCUT2D eigenvalue weighted by molar-refractivity contribution is 0.136. The second-order valence-corrected chi connectivity index (χ2v) is 9.48. The molecular weight excluding hydrogens is 432 g/mol. The number of pyridine rings is 1. The molecule has 1 fully saturated rings. The maximum atomic E-state index is 13.2. The van der Waals surface area contributed by atoms with Gasteiger partial charge in [-0.25, -0.2) is 18.2 Å². The number of halogens is 1. The molecule has 0 unspecified atom stereocenters. The van der Waals surface area contributed by atoms with Crippen molar-refractivity contribution in [3.05, 3.63) is 47.2 Å². The summed E-state index contributed by atoms with van der Waals surface area (Å²) in [5.41, 5.74) is 1.96. The highest BCUT2D eigenvalue weighted by Crippen LogP contribution is 2.34. The van der Waals surface area contributed by atoms with Crippen molar-refractivity contribution in [3.8, 4) is 0 Å². The molecule has 1 amide bonds. The van der Waals surface area contributed by atoms with Gasteiger partial charge in [-0.05, 0) is 31.0 Å². The van der Waals surface area contributed by atoms with Gasteiger partial charge in [0, 0.05) is 42.0 Å². The number of piperidine rings is 1. The number of nitrogens with zero attached hydrogens (tertiary/aromatic N) is 4. The standard InChI is InChI=1S/C19H17ClN4O5S/c20-13-1-2-16-12(9-13)11-28-19(25)24(16)14-4-7-23(8-5-14)30(26,27)18-15-10-22-29-17(15)3-6-21-18/h1-3,6,9-10,14H,4-5,7-8,11H2. The Morgan fingerprint density at radius 3 is 2.77 bits per heavy atom. The van der Waals surface area contributed by atoms with Gasteiger partial charge in [-0.1, -0.05) is 16.8 Å². The summed E-state index contributed by atoms with van der Waals surface area (Å²) in [6.07, 6.45) is 3.25. The van der Waals surface area contributed by atoms with E-state index < -0.39 is 16.1 Å². The molecule has 4 heterocycles. The van der Waals surface area contributed by atoms with E-state index >= 15 is 0 Å². The number of amides is 1. The number of benzene rings is 1. The average Bonchev–Trinajstić information content (AvgIpc) is 3.23. The first-order chi connectivity index (χ1) is 14.4. The van der Waals surface area contributed by atoms with E-state index in [0.29, 0.717) is 28.8 Å². The summed E-state index contributed by atoms with van der Waals surface area (Å²) in [6, 6.07) is 6.71. The molecule has 3 aromatic rings.